The molecule has 3 atom stereocenters. The number of urea groups is 1. The number of ether oxygens (including phenoxy) is 1. The molecule has 2 aromatic heterocycles. The van der Waals surface area contributed by atoms with E-state index in [2.05, 4.69) is 46.8 Å². The number of thioether (sulfide) groups is 2. The standard InChI is InChI=1S/C30H30N12O10S3.Na/c1-41-29(38-39-40-41)54-13-15-12-53-26-30(52-2,25(48)42(26)21(15)24(46)47)37-23(45)20(14-3-7-17(43)8-4-14)35-28(49)34-19-11-32-27(36-22(19)44)33-16-5-9-18(10-6-16)55(31,50)51;/h3-11,20,26,43H,12-13H2,1-2H3,(H,37,45)(H,46,47)(H2,31,50,51)(H2,34,35,49)(H2,32,33,36,44);/q;+1/p-1/t20?,26-,30+;/m1./s1. The van der Waals surface area contributed by atoms with Gasteiger partial charge in [0.2, 0.25) is 27.0 Å². The van der Waals surface area contributed by atoms with Gasteiger partial charge in [0.15, 0.2) is 0 Å². The zero-order chi connectivity index (χ0) is 39.7. The van der Waals surface area contributed by atoms with Crippen molar-refractivity contribution in [2.45, 2.75) is 27.2 Å². The first-order valence-corrected chi connectivity index (χ1v) is 19.2. The first-order chi connectivity index (χ1) is 26.1. The SMILES string of the molecule is CO[C@@]1(NC(=O)C(NC(=O)Nc2cnc(Nc3ccc(S(N)(=O)=O)cc3)[nH]c2=O)c2ccc(O)cc2)C(=O)N2C(C(=O)[O-])=C(CSc3nnnn3C)CS[C@@H]21.[Na+]. The summed E-state index contributed by atoms with van der Waals surface area (Å²) >= 11 is 2.27. The van der Waals surface area contributed by atoms with E-state index >= 15 is 0 Å². The molecule has 2 aliphatic heterocycles. The number of hydrogen-bond acceptors (Lipinski definition) is 17. The molecule has 0 radical (unpaired) electrons. The van der Waals surface area contributed by atoms with Crippen LogP contribution in [0.2, 0.25) is 0 Å². The summed E-state index contributed by atoms with van der Waals surface area (Å²) in [7, 11) is -1.16. The molecule has 1 saturated heterocycles. The molecule has 26 heteroatoms. The van der Waals surface area contributed by atoms with Gasteiger partial charge in [-0.15, -0.1) is 16.9 Å². The Bertz CT molecular complexity index is 2380. The molecule has 0 saturated carbocycles. The van der Waals surface area contributed by atoms with Gasteiger partial charge in [-0.2, -0.15) is 0 Å². The third kappa shape index (κ3) is 8.68. The second-order valence-corrected chi connectivity index (χ2v) is 15.2. The minimum absolute atomic E-state index is 0. The van der Waals surface area contributed by atoms with Crippen LogP contribution in [0, 0.1) is 0 Å². The number of aromatic amines is 1. The number of aliphatic carboxylic acids is 1. The number of aromatic nitrogens is 6. The minimum atomic E-state index is -3.92. The van der Waals surface area contributed by atoms with Gasteiger partial charge in [0.25, 0.3) is 17.2 Å². The van der Waals surface area contributed by atoms with Crippen molar-refractivity contribution in [2.24, 2.45) is 12.2 Å². The van der Waals surface area contributed by atoms with E-state index in [1.807, 2.05) is 0 Å². The fourth-order valence-corrected chi connectivity index (χ4v) is 8.40. The molecular formula is C30H29N12NaO10S3. The smallest absolute Gasteiger partial charge is 0.543 e. The summed E-state index contributed by atoms with van der Waals surface area (Å²) in [5.41, 5.74) is -2.74. The number of hydrogen-bond donors (Lipinski definition) is 7. The number of primary sulfonamides is 1. The number of carboxylic acid groups (broad SMARTS) is 1. The predicted octanol–water partition coefficient (Wildman–Crippen LogP) is -4.57. The summed E-state index contributed by atoms with van der Waals surface area (Å²) in [6, 6.07) is 7.84. The third-order valence-corrected chi connectivity index (χ3v) is 11.5. The van der Waals surface area contributed by atoms with Gasteiger partial charge in [-0.05, 0) is 58.0 Å². The number of carbonyl (C=O) groups excluding carboxylic acids is 4. The summed E-state index contributed by atoms with van der Waals surface area (Å²) in [5.74, 6) is -3.48. The van der Waals surface area contributed by atoms with Crippen LogP contribution in [-0.4, -0.2) is 102 Å². The molecule has 0 bridgehead atoms. The fourth-order valence-electron chi connectivity index (χ4n) is 5.46. The Morgan fingerprint density at radius 2 is 1.88 bits per heavy atom. The molecule has 0 aliphatic carbocycles. The number of methoxy groups -OCH3 is 1. The number of anilines is 3. The number of benzene rings is 2. The Hall–Kier alpha value is -5.02. The van der Waals surface area contributed by atoms with E-state index < -0.39 is 56.5 Å². The van der Waals surface area contributed by atoms with Crippen LogP contribution in [0.3, 0.4) is 0 Å². The van der Waals surface area contributed by atoms with Crippen molar-refractivity contribution in [3.05, 3.63) is 81.9 Å². The van der Waals surface area contributed by atoms with E-state index in [0.717, 1.165) is 41.7 Å². The Kier molecular flexibility index (Phi) is 12.8. The van der Waals surface area contributed by atoms with Crippen LogP contribution in [0.5, 0.6) is 5.75 Å². The maximum Gasteiger partial charge on any atom is 1.00 e. The first-order valence-electron chi connectivity index (χ1n) is 15.6. The van der Waals surface area contributed by atoms with Gasteiger partial charge < -0.3 is 41.0 Å². The Morgan fingerprint density at radius 3 is 2.46 bits per heavy atom. The van der Waals surface area contributed by atoms with Crippen LogP contribution in [0.15, 0.2) is 80.8 Å². The van der Waals surface area contributed by atoms with Gasteiger partial charge in [-0.3, -0.25) is 24.3 Å². The molecule has 0 spiro atoms. The number of tetrazole rings is 1. The molecule has 288 valence electrons. The van der Waals surface area contributed by atoms with E-state index in [1.54, 1.807) is 7.05 Å². The summed E-state index contributed by atoms with van der Waals surface area (Å²) in [5, 5.41) is 47.8. The zero-order valence-electron chi connectivity index (χ0n) is 29.4. The van der Waals surface area contributed by atoms with Gasteiger partial charge in [-0.25, -0.2) is 28.0 Å². The van der Waals surface area contributed by atoms with Gasteiger partial charge in [-0.1, -0.05) is 23.9 Å². The third-order valence-electron chi connectivity index (χ3n) is 8.15. The van der Waals surface area contributed by atoms with Gasteiger partial charge in [0.1, 0.15) is 22.9 Å². The summed E-state index contributed by atoms with van der Waals surface area (Å²) in [6.07, 6.45) is 1.02. The number of nitrogens with one attached hydrogen (secondary N) is 5. The largest absolute Gasteiger partial charge is 1.00 e. The normalized spacial score (nSPS) is 18.2. The maximum absolute atomic E-state index is 13.9. The molecule has 4 amide bonds. The summed E-state index contributed by atoms with van der Waals surface area (Å²) in [4.78, 5) is 73.3. The van der Waals surface area contributed by atoms with Gasteiger partial charge in [0.05, 0.1) is 22.8 Å². The number of carboxylic acids is 1. The number of H-pyrrole nitrogens is 1. The van der Waals surface area contributed by atoms with E-state index in [1.165, 1.54) is 53.2 Å². The number of carbonyl (C=O) groups is 4. The van der Waals surface area contributed by atoms with Crippen molar-refractivity contribution in [2.75, 3.05) is 29.2 Å². The number of aromatic hydroxyl groups is 1. The molecule has 2 aromatic carbocycles. The van der Waals surface area contributed by atoms with Crippen LogP contribution in [0.1, 0.15) is 11.6 Å². The predicted molar refractivity (Wildman–Crippen MR) is 191 cm³/mol. The van der Waals surface area contributed by atoms with E-state index in [9.17, 15) is 42.6 Å². The average Bonchev–Trinajstić information content (AvgIpc) is 3.56. The number of aryl methyl sites for hydroxylation is 1. The molecular weight excluding hydrogens is 808 g/mol. The number of sulfonamides is 1. The molecule has 2 aliphatic rings. The van der Waals surface area contributed by atoms with Crippen molar-refractivity contribution in [3.63, 3.8) is 0 Å². The van der Waals surface area contributed by atoms with Crippen molar-refractivity contribution in [3.8, 4) is 5.75 Å². The second-order valence-electron chi connectivity index (χ2n) is 11.7. The molecule has 56 heavy (non-hydrogen) atoms. The molecule has 4 aromatic rings. The van der Waals surface area contributed by atoms with Crippen LogP contribution in [0.25, 0.3) is 0 Å². The molecule has 4 heterocycles. The number of phenolic OH excluding ortho intramolecular Hbond substituents is 1. The maximum atomic E-state index is 13.9. The number of phenols is 1. The second kappa shape index (κ2) is 17.0. The van der Waals surface area contributed by atoms with Gasteiger partial charge >= 0.3 is 35.6 Å². The van der Waals surface area contributed by atoms with Crippen molar-refractivity contribution in [1.29, 1.82) is 0 Å². The monoisotopic (exact) mass is 836 g/mol. The first kappa shape index (κ1) is 42.1. The Balaban J connectivity index is 0.00000600. The van der Waals surface area contributed by atoms with Crippen molar-refractivity contribution in [1.82, 2.24) is 45.7 Å². The molecule has 1 unspecified atom stereocenters. The molecule has 22 nitrogen and oxygen atoms in total. The molecule has 8 N–H and O–H groups in total. The number of nitrogens with zero attached hydrogens (tertiary/aromatic N) is 6. The van der Waals surface area contributed by atoms with E-state index in [4.69, 9.17) is 9.88 Å². The number of rotatable bonds is 13. The number of β-lactam (4-membered cyclic amide) rings is 1. The van der Waals surface area contributed by atoms with Crippen molar-refractivity contribution >= 4 is 74.7 Å². The number of nitrogens with two attached hydrogens (primary N) is 1. The zero-order valence-corrected chi connectivity index (χ0v) is 33.8. The van der Waals surface area contributed by atoms with Crippen LogP contribution >= 0.6 is 23.5 Å². The topological polar surface area (TPSA) is 322 Å². The summed E-state index contributed by atoms with van der Waals surface area (Å²) in [6.45, 7) is 0. The number of amides is 4. The summed E-state index contributed by atoms with van der Waals surface area (Å²) < 4.78 is 29.9. The Morgan fingerprint density at radius 1 is 1.18 bits per heavy atom. The van der Waals surface area contributed by atoms with E-state index in [0.29, 0.717) is 16.4 Å². The van der Waals surface area contributed by atoms with Crippen LogP contribution in [0.4, 0.5) is 22.1 Å². The minimum Gasteiger partial charge on any atom is -0.543 e. The van der Waals surface area contributed by atoms with Crippen molar-refractivity contribution < 1.29 is 72.1 Å². The van der Waals surface area contributed by atoms with Crippen LogP contribution < -0.4 is 66.6 Å². The number of fused-ring (bicyclic) bond motifs is 1. The average molecular weight is 837 g/mol. The quantitative estimate of drug-likeness (QED) is 0.0288. The Labute approximate surface area is 346 Å². The molecule has 1 fully saturated rings. The molecule has 6 rings (SSSR count). The fraction of sp³-hybridized carbons (Fsp3) is 0.233. The van der Waals surface area contributed by atoms with E-state index in [-0.39, 0.29) is 74.6 Å². The van der Waals surface area contributed by atoms with Gasteiger partial charge in [0, 0.05) is 31.4 Å². The van der Waals surface area contributed by atoms with Crippen LogP contribution in [-0.2, 0) is 36.2 Å².